The zero-order chi connectivity index (χ0) is 23.8. The van der Waals surface area contributed by atoms with Gasteiger partial charge < -0.3 is 15.2 Å². The monoisotopic (exact) mass is 504 g/mol. The average molecular weight is 505 g/mol. The Morgan fingerprint density at radius 1 is 1.21 bits per heavy atom. The van der Waals surface area contributed by atoms with Crippen LogP contribution in [0, 0.1) is 6.92 Å². The molecule has 172 valence electrons. The van der Waals surface area contributed by atoms with E-state index in [1.807, 2.05) is 19.0 Å². The van der Waals surface area contributed by atoms with E-state index in [0.717, 1.165) is 11.3 Å². The van der Waals surface area contributed by atoms with Crippen LogP contribution in [0.5, 0.6) is 0 Å². The number of benzene rings is 1. The van der Waals surface area contributed by atoms with Gasteiger partial charge in [-0.1, -0.05) is 0 Å². The van der Waals surface area contributed by atoms with E-state index in [-0.39, 0.29) is 15.6 Å². The van der Waals surface area contributed by atoms with Crippen molar-refractivity contribution in [1.82, 2.24) is 19.9 Å². The zero-order valence-electron chi connectivity index (χ0n) is 17.9. The van der Waals surface area contributed by atoms with E-state index in [2.05, 4.69) is 25.0 Å². The van der Waals surface area contributed by atoms with E-state index in [9.17, 15) is 18.0 Å². The first-order valence-corrected chi connectivity index (χ1v) is 12.8. The molecule has 3 aromatic heterocycles. The number of hydrogen-bond acceptors (Lipinski definition) is 9. The van der Waals surface area contributed by atoms with Gasteiger partial charge in [-0.2, -0.15) is 0 Å². The number of aromatic nitrogens is 3. The molecule has 33 heavy (non-hydrogen) atoms. The van der Waals surface area contributed by atoms with Crippen LogP contribution in [0.3, 0.4) is 0 Å². The van der Waals surface area contributed by atoms with Gasteiger partial charge in [0.1, 0.15) is 10.7 Å². The number of carbonyl (C=O) groups is 1. The number of nitrogens with zero attached hydrogens (tertiary/aromatic N) is 3. The number of carbonyl (C=O) groups excluding carboxylic acids is 1. The largest absolute Gasteiger partial charge is 0.321 e. The molecule has 10 nitrogen and oxygen atoms in total. The third kappa shape index (κ3) is 4.95. The third-order valence-electron chi connectivity index (χ3n) is 4.60. The summed E-state index contributed by atoms with van der Waals surface area (Å²) in [6.07, 6.45) is 1.50. The molecule has 0 unspecified atom stereocenters. The van der Waals surface area contributed by atoms with Gasteiger partial charge in [-0.05, 0) is 50.8 Å². The van der Waals surface area contributed by atoms with Crippen LogP contribution in [0.1, 0.15) is 21.1 Å². The van der Waals surface area contributed by atoms with E-state index in [1.54, 1.807) is 12.3 Å². The first-order chi connectivity index (χ1) is 15.6. The summed E-state index contributed by atoms with van der Waals surface area (Å²) in [6.45, 7) is 2.17. The summed E-state index contributed by atoms with van der Waals surface area (Å²) in [6, 6.07) is 5.78. The Balaban J connectivity index is 1.55. The van der Waals surface area contributed by atoms with Crippen LogP contribution in [-0.2, 0) is 16.6 Å². The molecule has 0 radical (unpaired) electrons. The predicted molar refractivity (Wildman–Crippen MR) is 130 cm³/mol. The Kier molecular flexibility index (Phi) is 6.30. The van der Waals surface area contributed by atoms with Gasteiger partial charge in [0, 0.05) is 17.3 Å². The molecule has 4 aromatic rings. The second-order valence-electron chi connectivity index (χ2n) is 7.41. The second-order valence-corrected chi connectivity index (χ2v) is 11.0. The number of fused-ring (bicyclic) bond motifs is 1. The smallest absolute Gasteiger partial charge is 0.266 e. The summed E-state index contributed by atoms with van der Waals surface area (Å²) in [4.78, 5) is 39.4. The van der Waals surface area contributed by atoms with Crippen LogP contribution in [0.4, 0.5) is 10.8 Å². The molecule has 1 amide bonds. The highest BCUT2D eigenvalue weighted by atomic mass is 32.2. The Bertz CT molecular complexity index is 1470. The van der Waals surface area contributed by atoms with Gasteiger partial charge in [-0.3, -0.25) is 14.3 Å². The van der Waals surface area contributed by atoms with Crippen molar-refractivity contribution < 1.29 is 13.2 Å². The minimum Gasteiger partial charge on any atom is -0.321 e. The SMILES string of the molecule is Cc1c(C(=O)Nc2ccc(S(=O)(=O)Nc3nccs3)cc2)sc2nc(CN(C)C)[nH]c(=O)c12. The molecule has 0 aliphatic carbocycles. The number of thiophene rings is 1. The number of anilines is 2. The van der Waals surface area contributed by atoms with E-state index < -0.39 is 15.9 Å². The van der Waals surface area contributed by atoms with Gasteiger partial charge >= 0.3 is 0 Å². The quantitative estimate of drug-likeness (QED) is 0.352. The lowest BCUT2D eigenvalue weighted by Crippen LogP contribution is -2.18. The molecule has 0 fully saturated rings. The van der Waals surface area contributed by atoms with Crippen LogP contribution < -0.4 is 15.6 Å². The minimum absolute atomic E-state index is 0.0397. The highest BCUT2D eigenvalue weighted by molar-refractivity contribution is 7.93. The van der Waals surface area contributed by atoms with Crippen molar-refractivity contribution in [3.8, 4) is 0 Å². The molecule has 0 spiro atoms. The Morgan fingerprint density at radius 2 is 1.94 bits per heavy atom. The summed E-state index contributed by atoms with van der Waals surface area (Å²) in [5.41, 5.74) is 0.677. The normalized spacial score (nSPS) is 11.8. The summed E-state index contributed by atoms with van der Waals surface area (Å²) in [5, 5.41) is 5.07. The van der Waals surface area contributed by atoms with Crippen molar-refractivity contribution in [2.45, 2.75) is 18.4 Å². The van der Waals surface area contributed by atoms with Crippen LogP contribution in [0.2, 0.25) is 0 Å². The molecule has 13 heteroatoms. The van der Waals surface area contributed by atoms with Crippen LogP contribution >= 0.6 is 22.7 Å². The molecule has 0 aliphatic rings. The number of thiazole rings is 1. The molecule has 0 saturated heterocycles. The fourth-order valence-corrected chi connectivity index (χ4v) is 6.02. The van der Waals surface area contributed by atoms with E-state index in [1.165, 1.54) is 41.8 Å². The molecular formula is C20H20N6O4S3. The number of amides is 1. The van der Waals surface area contributed by atoms with Crippen molar-refractivity contribution in [3.63, 3.8) is 0 Å². The average Bonchev–Trinajstić information content (AvgIpc) is 3.35. The predicted octanol–water partition coefficient (Wildman–Crippen LogP) is 2.86. The lowest BCUT2D eigenvalue weighted by atomic mass is 10.2. The van der Waals surface area contributed by atoms with Gasteiger partial charge in [-0.25, -0.2) is 18.4 Å². The maximum absolute atomic E-state index is 12.9. The van der Waals surface area contributed by atoms with Gasteiger partial charge in [0.15, 0.2) is 5.13 Å². The zero-order valence-corrected chi connectivity index (χ0v) is 20.3. The summed E-state index contributed by atoms with van der Waals surface area (Å²) in [7, 11) is -0.0461. The summed E-state index contributed by atoms with van der Waals surface area (Å²) < 4.78 is 27.3. The minimum atomic E-state index is -3.78. The maximum atomic E-state index is 12.9. The number of H-pyrrole nitrogens is 1. The molecule has 3 heterocycles. The number of rotatable bonds is 7. The molecular weight excluding hydrogens is 484 g/mol. The molecule has 0 bridgehead atoms. The fourth-order valence-electron chi connectivity index (χ4n) is 3.13. The van der Waals surface area contributed by atoms with E-state index in [0.29, 0.717) is 38.7 Å². The van der Waals surface area contributed by atoms with Gasteiger partial charge in [0.05, 0.1) is 21.7 Å². The highest BCUT2D eigenvalue weighted by Crippen LogP contribution is 2.28. The lowest BCUT2D eigenvalue weighted by molar-refractivity contribution is 0.103. The van der Waals surface area contributed by atoms with Gasteiger partial charge in [-0.15, -0.1) is 22.7 Å². The van der Waals surface area contributed by atoms with Crippen molar-refractivity contribution in [3.05, 3.63) is 62.5 Å². The van der Waals surface area contributed by atoms with Crippen molar-refractivity contribution in [2.24, 2.45) is 0 Å². The number of nitrogens with one attached hydrogen (secondary N) is 3. The standard InChI is InChI=1S/C20H20N6O4S3/c1-11-15-17(27)23-14(10-26(2)3)24-19(15)32-16(11)18(28)22-12-4-6-13(7-5-12)33(29,30)25-20-21-8-9-31-20/h4-9H,10H2,1-3H3,(H,21,25)(H,22,28)(H,23,24,27). The van der Waals surface area contributed by atoms with Gasteiger partial charge in [0.25, 0.3) is 21.5 Å². The first-order valence-electron chi connectivity index (χ1n) is 9.65. The number of hydrogen-bond donors (Lipinski definition) is 3. The topological polar surface area (TPSA) is 137 Å². The van der Waals surface area contributed by atoms with E-state index >= 15 is 0 Å². The third-order valence-corrected chi connectivity index (χ3v) is 7.96. The van der Waals surface area contributed by atoms with Crippen LogP contribution in [0.25, 0.3) is 10.2 Å². The number of aromatic amines is 1. The van der Waals surface area contributed by atoms with E-state index in [4.69, 9.17) is 0 Å². The highest BCUT2D eigenvalue weighted by Gasteiger charge is 2.20. The Morgan fingerprint density at radius 3 is 2.58 bits per heavy atom. The second kappa shape index (κ2) is 9.02. The van der Waals surface area contributed by atoms with Crippen molar-refractivity contribution in [1.29, 1.82) is 0 Å². The van der Waals surface area contributed by atoms with Crippen molar-refractivity contribution >= 4 is 59.6 Å². The van der Waals surface area contributed by atoms with Gasteiger partial charge in [0.2, 0.25) is 0 Å². The molecule has 0 atom stereocenters. The number of aryl methyl sites for hydroxylation is 1. The van der Waals surface area contributed by atoms with Crippen LogP contribution in [0.15, 0.2) is 45.5 Å². The Labute approximate surface area is 197 Å². The fraction of sp³-hybridized carbons (Fsp3) is 0.200. The molecule has 1 aromatic carbocycles. The summed E-state index contributed by atoms with van der Waals surface area (Å²) >= 11 is 2.31. The van der Waals surface area contributed by atoms with Crippen molar-refractivity contribution in [2.75, 3.05) is 24.1 Å². The lowest BCUT2D eigenvalue weighted by Gasteiger charge is -2.08. The summed E-state index contributed by atoms with van der Waals surface area (Å²) in [5.74, 6) is 0.120. The molecule has 3 N–H and O–H groups in total. The Hall–Kier alpha value is -3.13. The molecule has 0 saturated carbocycles. The van der Waals surface area contributed by atoms with Crippen LogP contribution in [-0.4, -0.2) is 48.3 Å². The molecule has 4 rings (SSSR count). The molecule has 0 aliphatic heterocycles. The maximum Gasteiger partial charge on any atom is 0.266 e. The first kappa shape index (κ1) is 23.0. The number of sulfonamides is 1.